The van der Waals surface area contributed by atoms with E-state index in [0.29, 0.717) is 5.92 Å². The van der Waals surface area contributed by atoms with Gasteiger partial charge in [-0.1, -0.05) is 57.0 Å². The van der Waals surface area contributed by atoms with Crippen LogP contribution in [0.25, 0.3) is 10.8 Å². The lowest BCUT2D eigenvalue weighted by Gasteiger charge is -2.23. The Labute approximate surface area is 115 Å². The molecule has 0 saturated heterocycles. The van der Waals surface area contributed by atoms with Gasteiger partial charge in [-0.2, -0.15) is 0 Å². The van der Waals surface area contributed by atoms with Gasteiger partial charge in [-0.15, -0.1) is 0 Å². The third-order valence-electron chi connectivity index (χ3n) is 4.05. The molecule has 1 atom stereocenters. The van der Waals surface area contributed by atoms with Gasteiger partial charge in [-0.3, -0.25) is 0 Å². The van der Waals surface area contributed by atoms with Crippen LogP contribution in [0.4, 0.5) is 0 Å². The first-order valence-corrected chi connectivity index (χ1v) is 7.04. The predicted molar refractivity (Wildman–Crippen MR) is 81.5 cm³/mol. The molecule has 102 valence electrons. The highest BCUT2D eigenvalue weighted by Gasteiger charge is 2.19. The third kappa shape index (κ3) is 2.59. The van der Waals surface area contributed by atoms with Gasteiger partial charge in [-0.05, 0) is 22.9 Å². The van der Waals surface area contributed by atoms with Crippen molar-refractivity contribution in [2.45, 2.75) is 32.7 Å². The van der Waals surface area contributed by atoms with E-state index in [1.165, 1.54) is 10.9 Å². The van der Waals surface area contributed by atoms with Crippen LogP contribution in [0.3, 0.4) is 0 Å². The minimum Gasteiger partial charge on any atom is -0.496 e. The highest BCUT2D eigenvalue weighted by atomic mass is 16.5. The molecule has 0 aromatic heterocycles. The molecule has 2 nitrogen and oxygen atoms in total. The van der Waals surface area contributed by atoms with Gasteiger partial charge in [0.25, 0.3) is 0 Å². The average Bonchev–Trinajstić information content (AvgIpc) is 2.47. The number of ether oxygens (including phenoxy) is 1. The maximum Gasteiger partial charge on any atom is 0.126 e. The third-order valence-corrected chi connectivity index (χ3v) is 4.05. The summed E-state index contributed by atoms with van der Waals surface area (Å²) in [7, 11) is 1.71. The summed E-state index contributed by atoms with van der Waals surface area (Å²) in [6, 6.07) is 12.6. The van der Waals surface area contributed by atoms with Crippen molar-refractivity contribution in [2.75, 3.05) is 7.11 Å². The van der Waals surface area contributed by atoms with Crippen LogP contribution in [0.1, 0.15) is 38.3 Å². The number of methoxy groups -OCH3 is 1. The molecular formula is C17H23NO. The SMILES string of the molecule is CCC(CC)C(N)c1ccc(OC)c2ccccc12. The van der Waals surface area contributed by atoms with E-state index in [0.717, 1.165) is 24.0 Å². The Hall–Kier alpha value is -1.54. The Bertz CT molecular complexity index is 546. The van der Waals surface area contributed by atoms with E-state index in [2.05, 4.69) is 38.1 Å². The lowest BCUT2D eigenvalue weighted by atomic mass is 9.87. The molecule has 2 aromatic carbocycles. The van der Waals surface area contributed by atoms with Crippen molar-refractivity contribution in [3.63, 3.8) is 0 Å². The van der Waals surface area contributed by atoms with Crippen molar-refractivity contribution in [1.29, 1.82) is 0 Å². The molecular weight excluding hydrogens is 234 g/mol. The Morgan fingerprint density at radius 3 is 2.21 bits per heavy atom. The van der Waals surface area contributed by atoms with E-state index in [-0.39, 0.29) is 6.04 Å². The van der Waals surface area contributed by atoms with Gasteiger partial charge in [0.2, 0.25) is 0 Å². The molecule has 0 amide bonds. The molecule has 0 radical (unpaired) electrons. The fraction of sp³-hybridized carbons (Fsp3) is 0.412. The van der Waals surface area contributed by atoms with Crippen molar-refractivity contribution in [1.82, 2.24) is 0 Å². The molecule has 0 saturated carbocycles. The van der Waals surface area contributed by atoms with E-state index in [1.807, 2.05) is 12.1 Å². The van der Waals surface area contributed by atoms with Crippen molar-refractivity contribution in [3.05, 3.63) is 42.0 Å². The molecule has 2 N–H and O–H groups in total. The van der Waals surface area contributed by atoms with Crippen molar-refractivity contribution in [3.8, 4) is 5.75 Å². The zero-order chi connectivity index (χ0) is 13.8. The Morgan fingerprint density at radius 1 is 1.00 bits per heavy atom. The van der Waals surface area contributed by atoms with E-state index in [4.69, 9.17) is 10.5 Å². The second kappa shape index (κ2) is 6.07. The summed E-state index contributed by atoms with van der Waals surface area (Å²) in [5.41, 5.74) is 7.70. The fourth-order valence-electron chi connectivity index (χ4n) is 2.81. The topological polar surface area (TPSA) is 35.2 Å². The first kappa shape index (κ1) is 13.9. The normalized spacial score (nSPS) is 12.9. The molecule has 0 bridgehead atoms. The van der Waals surface area contributed by atoms with Gasteiger partial charge in [0.05, 0.1) is 7.11 Å². The van der Waals surface area contributed by atoms with Crippen LogP contribution in [0.2, 0.25) is 0 Å². The van der Waals surface area contributed by atoms with Crippen LogP contribution < -0.4 is 10.5 Å². The van der Waals surface area contributed by atoms with Crippen LogP contribution in [0.5, 0.6) is 5.75 Å². The van der Waals surface area contributed by atoms with Crippen LogP contribution in [-0.4, -0.2) is 7.11 Å². The number of benzene rings is 2. The highest BCUT2D eigenvalue weighted by Crippen LogP contribution is 2.34. The highest BCUT2D eigenvalue weighted by molar-refractivity contribution is 5.91. The zero-order valence-corrected chi connectivity index (χ0v) is 12.0. The molecule has 19 heavy (non-hydrogen) atoms. The number of fused-ring (bicyclic) bond motifs is 1. The molecule has 0 spiro atoms. The predicted octanol–water partition coefficient (Wildman–Crippen LogP) is 4.28. The summed E-state index contributed by atoms with van der Waals surface area (Å²) in [4.78, 5) is 0. The Morgan fingerprint density at radius 2 is 1.63 bits per heavy atom. The van der Waals surface area contributed by atoms with Gasteiger partial charge in [0.1, 0.15) is 5.75 Å². The summed E-state index contributed by atoms with van der Waals surface area (Å²) in [6.07, 6.45) is 2.22. The number of hydrogen-bond donors (Lipinski definition) is 1. The molecule has 2 aromatic rings. The second-order valence-corrected chi connectivity index (χ2v) is 5.00. The summed E-state index contributed by atoms with van der Waals surface area (Å²) in [5, 5.41) is 2.35. The smallest absolute Gasteiger partial charge is 0.126 e. The molecule has 0 fully saturated rings. The van der Waals surface area contributed by atoms with Crippen molar-refractivity contribution < 1.29 is 4.74 Å². The summed E-state index contributed by atoms with van der Waals surface area (Å²) >= 11 is 0. The quantitative estimate of drug-likeness (QED) is 0.867. The average molecular weight is 257 g/mol. The minimum absolute atomic E-state index is 0.0887. The van der Waals surface area contributed by atoms with E-state index in [9.17, 15) is 0 Å². The molecule has 0 heterocycles. The molecule has 0 aliphatic rings. The second-order valence-electron chi connectivity index (χ2n) is 5.00. The minimum atomic E-state index is 0.0887. The van der Waals surface area contributed by atoms with E-state index in [1.54, 1.807) is 7.11 Å². The summed E-state index contributed by atoms with van der Waals surface area (Å²) in [5.74, 6) is 1.44. The van der Waals surface area contributed by atoms with E-state index >= 15 is 0 Å². The number of rotatable bonds is 5. The first-order valence-electron chi connectivity index (χ1n) is 7.04. The van der Waals surface area contributed by atoms with Crippen LogP contribution in [0, 0.1) is 5.92 Å². The van der Waals surface area contributed by atoms with Gasteiger partial charge < -0.3 is 10.5 Å². The van der Waals surface area contributed by atoms with Crippen molar-refractivity contribution in [2.24, 2.45) is 11.7 Å². The fourth-order valence-corrected chi connectivity index (χ4v) is 2.81. The molecule has 2 rings (SSSR count). The monoisotopic (exact) mass is 257 g/mol. The lowest BCUT2D eigenvalue weighted by molar-refractivity contribution is 0.405. The Kier molecular flexibility index (Phi) is 4.43. The lowest BCUT2D eigenvalue weighted by Crippen LogP contribution is -2.20. The summed E-state index contributed by atoms with van der Waals surface area (Å²) in [6.45, 7) is 4.42. The van der Waals surface area contributed by atoms with Gasteiger partial charge in [-0.25, -0.2) is 0 Å². The van der Waals surface area contributed by atoms with Crippen LogP contribution in [0.15, 0.2) is 36.4 Å². The number of nitrogens with two attached hydrogens (primary N) is 1. The maximum atomic E-state index is 6.48. The standard InChI is InChI=1S/C17H23NO/c1-4-12(5-2)17(18)15-10-11-16(19-3)14-9-7-6-8-13(14)15/h6-12,17H,4-5,18H2,1-3H3. The van der Waals surface area contributed by atoms with Crippen LogP contribution >= 0.6 is 0 Å². The van der Waals surface area contributed by atoms with Gasteiger partial charge >= 0.3 is 0 Å². The van der Waals surface area contributed by atoms with Crippen molar-refractivity contribution >= 4 is 10.8 Å². The molecule has 0 aliphatic heterocycles. The van der Waals surface area contributed by atoms with Crippen LogP contribution in [-0.2, 0) is 0 Å². The largest absolute Gasteiger partial charge is 0.496 e. The number of hydrogen-bond acceptors (Lipinski definition) is 2. The molecule has 0 aliphatic carbocycles. The maximum absolute atomic E-state index is 6.48. The summed E-state index contributed by atoms with van der Waals surface area (Å²) < 4.78 is 5.43. The Balaban J connectivity index is 2.55. The zero-order valence-electron chi connectivity index (χ0n) is 12.0. The van der Waals surface area contributed by atoms with E-state index < -0.39 is 0 Å². The first-order chi connectivity index (χ1) is 9.22. The van der Waals surface area contributed by atoms with Gasteiger partial charge in [0.15, 0.2) is 0 Å². The van der Waals surface area contributed by atoms with Gasteiger partial charge in [0, 0.05) is 11.4 Å². The molecule has 1 unspecified atom stereocenters. The molecule has 2 heteroatoms.